The van der Waals surface area contributed by atoms with Crippen LogP contribution in [0.3, 0.4) is 0 Å². The maximum atomic E-state index is 12.3. The lowest BCUT2D eigenvalue weighted by atomic mass is 9.96. The third-order valence-corrected chi connectivity index (χ3v) is 4.05. The zero-order valence-electron chi connectivity index (χ0n) is 12.5. The molecule has 0 aromatic heterocycles. The van der Waals surface area contributed by atoms with Crippen molar-refractivity contribution in [1.82, 2.24) is 10.2 Å². The summed E-state index contributed by atoms with van der Waals surface area (Å²) in [6, 6.07) is 7.62. The number of rotatable bonds is 4. The average molecular weight is 289 g/mol. The minimum absolute atomic E-state index is 0.0276. The third kappa shape index (κ3) is 3.97. The molecule has 1 unspecified atom stereocenters. The van der Waals surface area contributed by atoms with E-state index in [2.05, 4.69) is 5.32 Å². The fourth-order valence-electron chi connectivity index (χ4n) is 2.78. The van der Waals surface area contributed by atoms with Gasteiger partial charge in [-0.3, -0.25) is 9.59 Å². The van der Waals surface area contributed by atoms with Gasteiger partial charge in [-0.2, -0.15) is 0 Å². The van der Waals surface area contributed by atoms with Crippen LogP contribution in [0.5, 0.6) is 0 Å². The van der Waals surface area contributed by atoms with E-state index in [9.17, 15) is 9.59 Å². The van der Waals surface area contributed by atoms with E-state index in [0.29, 0.717) is 19.4 Å². The second-order valence-electron chi connectivity index (χ2n) is 5.49. The van der Waals surface area contributed by atoms with E-state index >= 15 is 0 Å². The summed E-state index contributed by atoms with van der Waals surface area (Å²) >= 11 is 0. The van der Waals surface area contributed by atoms with Gasteiger partial charge in [0.05, 0.1) is 5.92 Å². The third-order valence-electron chi connectivity index (χ3n) is 4.05. The van der Waals surface area contributed by atoms with Gasteiger partial charge in [0.25, 0.3) is 0 Å². The van der Waals surface area contributed by atoms with E-state index in [-0.39, 0.29) is 17.7 Å². The Kier molecular flexibility index (Phi) is 5.20. The van der Waals surface area contributed by atoms with E-state index in [1.165, 1.54) is 0 Å². The van der Waals surface area contributed by atoms with Crippen molar-refractivity contribution in [2.24, 2.45) is 5.92 Å². The molecular formula is C16H23N3O2. The highest BCUT2D eigenvalue weighted by atomic mass is 16.2. The number of likely N-dealkylation sites (tertiary alicyclic amines) is 1. The summed E-state index contributed by atoms with van der Waals surface area (Å²) in [7, 11) is 1.64. The molecule has 0 radical (unpaired) electrons. The normalized spacial score (nSPS) is 18.3. The molecule has 1 saturated heterocycles. The predicted octanol–water partition coefficient (Wildman–Crippen LogP) is 1.19. The molecule has 21 heavy (non-hydrogen) atoms. The van der Waals surface area contributed by atoms with Gasteiger partial charge in [-0.05, 0) is 30.9 Å². The Morgan fingerprint density at radius 3 is 2.86 bits per heavy atom. The van der Waals surface area contributed by atoms with Gasteiger partial charge < -0.3 is 16.0 Å². The Labute approximate surface area is 125 Å². The Hall–Kier alpha value is -2.04. The SMILES string of the molecule is CNC(=O)C1CCCN(C(=O)CCc2ccccc2N)C1. The summed E-state index contributed by atoms with van der Waals surface area (Å²) in [6.45, 7) is 1.28. The Morgan fingerprint density at radius 2 is 2.14 bits per heavy atom. The van der Waals surface area contributed by atoms with Crippen molar-refractivity contribution in [1.29, 1.82) is 0 Å². The van der Waals surface area contributed by atoms with Gasteiger partial charge >= 0.3 is 0 Å². The van der Waals surface area contributed by atoms with Crippen LogP contribution in [0, 0.1) is 5.92 Å². The van der Waals surface area contributed by atoms with Gasteiger partial charge in [0.15, 0.2) is 0 Å². The molecule has 3 N–H and O–H groups in total. The number of carbonyl (C=O) groups excluding carboxylic acids is 2. The summed E-state index contributed by atoms with van der Waals surface area (Å²) < 4.78 is 0. The number of hydrogen-bond acceptors (Lipinski definition) is 3. The van der Waals surface area contributed by atoms with Crippen LogP contribution in [0.4, 0.5) is 5.69 Å². The summed E-state index contributed by atoms with van der Waals surface area (Å²) in [6.07, 6.45) is 2.83. The quantitative estimate of drug-likeness (QED) is 0.817. The van der Waals surface area contributed by atoms with Crippen LogP contribution in [0.25, 0.3) is 0 Å². The van der Waals surface area contributed by atoms with Gasteiger partial charge in [0.2, 0.25) is 11.8 Å². The molecular weight excluding hydrogens is 266 g/mol. The number of nitrogens with zero attached hydrogens (tertiary/aromatic N) is 1. The second kappa shape index (κ2) is 7.11. The summed E-state index contributed by atoms with van der Waals surface area (Å²) in [5.41, 5.74) is 7.62. The van der Waals surface area contributed by atoms with Gasteiger partial charge in [-0.1, -0.05) is 18.2 Å². The second-order valence-corrected chi connectivity index (χ2v) is 5.49. The summed E-state index contributed by atoms with van der Waals surface area (Å²) in [5, 5.41) is 2.67. The number of anilines is 1. The largest absolute Gasteiger partial charge is 0.399 e. The first-order chi connectivity index (χ1) is 10.1. The lowest BCUT2D eigenvalue weighted by Gasteiger charge is -2.32. The number of nitrogen functional groups attached to an aromatic ring is 1. The van der Waals surface area contributed by atoms with Crippen molar-refractivity contribution in [3.05, 3.63) is 29.8 Å². The minimum atomic E-state index is -0.0745. The number of nitrogens with one attached hydrogen (secondary N) is 1. The minimum Gasteiger partial charge on any atom is -0.399 e. The highest BCUT2D eigenvalue weighted by Crippen LogP contribution is 2.19. The molecule has 1 fully saturated rings. The lowest BCUT2D eigenvalue weighted by molar-refractivity contribution is -0.135. The first kappa shape index (κ1) is 15.4. The summed E-state index contributed by atoms with van der Waals surface area (Å²) in [5.74, 6) is 0.0566. The van der Waals surface area contributed by atoms with Crippen LogP contribution in [0.1, 0.15) is 24.8 Å². The van der Waals surface area contributed by atoms with Crippen LogP contribution in [0.2, 0.25) is 0 Å². The van der Waals surface area contributed by atoms with Crippen molar-refractivity contribution in [3.63, 3.8) is 0 Å². The van der Waals surface area contributed by atoms with Crippen molar-refractivity contribution in [3.8, 4) is 0 Å². The highest BCUT2D eigenvalue weighted by Gasteiger charge is 2.27. The fourth-order valence-corrected chi connectivity index (χ4v) is 2.78. The number of para-hydroxylation sites is 1. The topological polar surface area (TPSA) is 75.4 Å². The molecule has 5 heteroatoms. The zero-order chi connectivity index (χ0) is 15.2. The number of carbonyl (C=O) groups is 2. The molecule has 1 aromatic rings. The number of amides is 2. The molecule has 114 valence electrons. The average Bonchev–Trinajstić information content (AvgIpc) is 2.53. The molecule has 0 aliphatic carbocycles. The molecule has 5 nitrogen and oxygen atoms in total. The highest BCUT2D eigenvalue weighted by molar-refractivity contribution is 5.81. The van der Waals surface area contributed by atoms with Crippen molar-refractivity contribution in [2.75, 3.05) is 25.9 Å². The van der Waals surface area contributed by atoms with Gasteiger partial charge in [0.1, 0.15) is 0 Å². The number of piperidine rings is 1. The van der Waals surface area contributed by atoms with E-state index in [1.807, 2.05) is 29.2 Å². The Balaban J connectivity index is 1.88. The smallest absolute Gasteiger partial charge is 0.224 e. The maximum absolute atomic E-state index is 12.3. The monoisotopic (exact) mass is 289 g/mol. The van der Waals surface area contributed by atoms with Crippen LogP contribution >= 0.6 is 0 Å². The molecule has 0 spiro atoms. The summed E-state index contributed by atoms with van der Waals surface area (Å²) in [4.78, 5) is 25.8. The van der Waals surface area contributed by atoms with E-state index < -0.39 is 0 Å². The van der Waals surface area contributed by atoms with Gasteiger partial charge in [-0.15, -0.1) is 0 Å². The van der Waals surface area contributed by atoms with Crippen LogP contribution in [0.15, 0.2) is 24.3 Å². The molecule has 2 amide bonds. The molecule has 1 heterocycles. The molecule has 2 rings (SSSR count). The first-order valence-corrected chi connectivity index (χ1v) is 7.44. The molecule has 1 aromatic carbocycles. The Morgan fingerprint density at radius 1 is 1.38 bits per heavy atom. The molecule has 1 atom stereocenters. The van der Waals surface area contributed by atoms with E-state index in [1.54, 1.807) is 7.05 Å². The lowest BCUT2D eigenvalue weighted by Crippen LogP contribution is -2.44. The fraction of sp³-hybridized carbons (Fsp3) is 0.500. The van der Waals surface area contributed by atoms with Crippen LogP contribution < -0.4 is 11.1 Å². The molecule has 0 bridgehead atoms. The number of aryl methyl sites for hydroxylation is 1. The van der Waals surface area contributed by atoms with Crippen molar-refractivity contribution in [2.45, 2.75) is 25.7 Å². The van der Waals surface area contributed by atoms with E-state index in [0.717, 1.165) is 30.6 Å². The standard InChI is InChI=1S/C16H23N3O2/c1-18-16(21)13-6-4-10-19(11-13)15(20)9-8-12-5-2-3-7-14(12)17/h2-3,5,7,13H,4,6,8-11,17H2,1H3,(H,18,21). The van der Waals surface area contributed by atoms with Gasteiger partial charge in [-0.25, -0.2) is 0 Å². The zero-order valence-corrected chi connectivity index (χ0v) is 12.5. The Bertz CT molecular complexity index is 516. The maximum Gasteiger partial charge on any atom is 0.224 e. The number of benzene rings is 1. The predicted molar refractivity (Wildman–Crippen MR) is 82.5 cm³/mol. The molecule has 1 aliphatic heterocycles. The number of nitrogens with two attached hydrogens (primary N) is 1. The van der Waals surface area contributed by atoms with Crippen LogP contribution in [-0.4, -0.2) is 36.9 Å². The first-order valence-electron chi connectivity index (χ1n) is 7.44. The number of hydrogen-bond donors (Lipinski definition) is 2. The van der Waals surface area contributed by atoms with Crippen LogP contribution in [-0.2, 0) is 16.0 Å². The van der Waals surface area contributed by atoms with E-state index in [4.69, 9.17) is 5.73 Å². The van der Waals surface area contributed by atoms with Crippen molar-refractivity contribution >= 4 is 17.5 Å². The van der Waals surface area contributed by atoms with Gasteiger partial charge in [0, 0.05) is 32.2 Å². The molecule has 1 aliphatic rings. The van der Waals surface area contributed by atoms with Crippen molar-refractivity contribution < 1.29 is 9.59 Å². The molecule has 0 saturated carbocycles.